The van der Waals surface area contributed by atoms with Gasteiger partial charge in [-0.05, 0) is 30.7 Å². The van der Waals surface area contributed by atoms with Crippen molar-refractivity contribution < 1.29 is 14.8 Å². The number of hydrogen-bond donors (Lipinski definition) is 1. The fraction of sp³-hybridized carbons (Fsp3) is 0.278. The van der Waals surface area contributed by atoms with Crippen LogP contribution in [0.5, 0.6) is 5.75 Å². The summed E-state index contributed by atoms with van der Waals surface area (Å²) in [6.07, 6.45) is 0. The Kier molecular flexibility index (Phi) is 4.56. The van der Waals surface area contributed by atoms with Gasteiger partial charge >= 0.3 is 0 Å². The number of benzene rings is 2. The van der Waals surface area contributed by atoms with Crippen molar-refractivity contribution in [3.63, 3.8) is 0 Å². The summed E-state index contributed by atoms with van der Waals surface area (Å²) in [7, 11) is 0. The summed E-state index contributed by atoms with van der Waals surface area (Å²) in [5, 5.41) is 21.1. The molecule has 130 valence electrons. The highest BCUT2D eigenvalue weighted by Crippen LogP contribution is 2.30. The first-order valence-electron chi connectivity index (χ1n) is 8.04. The highest BCUT2D eigenvalue weighted by Gasteiger charge is 2.27. The van der Waals surface area contributed by atoms with E-state index in [0.717, 1.165) is 5.56 Å². The van der Waals surface area contributed by atoms with Gasteiger partial charge in [-0.3, -0.25) is 14.9 Å². The van der Waals surface area contributed by atoms with Crippen LogP contribution in [0.25, 0.3) is 0 Å². The van der Waals surface area contributed by atoms with Crippen LogP contribution in [-0.4, -0.2) is 47.0 Å². The standard InChI is InChI=1S/C18H19N3O4/c1-13-6-7-15(16(12-13)21(24)25)19-8-10-20(11-9-19)18(23)14-4-2-3-5-17(14)22/h2-7,12,22H,8-11H2,1H3. The summed E-state index contributed by atoms with van der Waals surface area (Å²) in [6, 6.07) is 11.6. The summed E-state index contributed by atoms with van der Waals surface area (Å²) in [6.45, 7) is 3.71. The number of piperazine rings is 1. The Labute approximate surface area is 145 Å². The number of hydrogen-bond acceptors (Lipinski definition) is 5. The van der Waals surface area contributed by atoms with Crippen molar-refractivity contribution in [3.8, 4) is 5.75 Å². The molecule has 1 amide bonds. The van der Waals surface area contributed by atoms with E-state index < -0.39 is 0 Å². The maximum atomic E-state index is 12.5. The number of anilines is 1. The summed E-state index contributed by atoms with van der Waals surface area (Å²) in [5.41, 5.74) is 1.77. The number of aryl methyl sites for hydroxylation is 1. The van der Waals surface area contributed by atoms with E-state index in [0.29, 0.717) is 31.9 Å². The number of aromatic hydroxyl groups is 1. The lowest BCUT2D eigenvalue weighted by molar-refractivity contribution is -0.384. The molecule has 1 aliphatic heterocycles. The predicted molar refractivity (Wildman–Crippen MR) is 94.1 cm³/mol. The van der Waals surface area contributed by atoms with Gasteiger partial charge in [0.25, 0.3) is 11.6 Å². The van der Waals surface area contributed by atoms with Gasteiger partial charge in [0.1, 0.15) is 11.4 Å². The summed E-state index contributed by atoms with van der Waals surface area (Å²) >= 11 is 0. The second-order valence-electron chi connectivity index (χ2n) is 6.05. The van der Waals surface area contributed by atoms with Crippen LogP contribution in [0.15, 0.2) is 42.5 Å². The van der Waals surface area contributed by atoms with Gasteiger partial charge in [-0.15, -0.1) is 0 Å². The van der Waals surface area contributed by atoms with Gasteiger partial charge in [-0.1, -0.05) is 18.2 Å². The molecule has 0 aromatic heterocycles. The molecular weight excluding hydrogens is 322 g/mol. The SMILES string of the molecule is Cc1ccc(N2CCN(C(=O)c3ccccc3O)CC2)c([N+](=O)[O-])c1. The quantitative estimate of drug-likeness (QED) is 0.685. The summed E-state index contributed by atoms with van der Waals surface area (Å²) in [5.74, 6) is -0.264. The molecule has 1 aliphatic rings. The number of nitrogens with zero attached hydrogens (tertiary/aromatic N) is 3. The first kappa shape index (κ1) is 16.8. The largest absolute Gasteiger partial charge is 0.507 e. The van der Waals surface area contributed by atoms with Crippen molar-refractivity contribution in [2.45, 2.75) is 6.92 Å². The van der Waals surface area contributed by atoms with Gasteiger partial charge in [-0.25, -0.2) is 0 Å². The second-order valence-corrected chi connectivity index (χ2v) is 6.05. The van der Waals surface area contributed by atoms with E-state index in [2.05, 4.69) is 0 Å². The number of phenolic OH excluding ortho intramolecular Hbond substituents is 1. The lowest BCUT2D eigenvalue weighted by Crippen LogP contribution is -2.49. The van der Waals surface area contributed by atoms with Crippen LogP contribution < -0.4 is 4.90 Å². The molecule has 0 aliphatic carbocycles. The van der Waals surface area contributed by atoms with Crippen LogP contribution in [0, 0.1) is 17.0 Å². The minimum atomic E-state index is -0.373. The first-order chi connectivity index (χ1) is 12.0. The number of nitro benzene ring substituents is 1. The van der Waals surface area contributed by atoms with Gasteiger partial charge in [0.2, 0.25) is 0 Å². The average molecular weight is 341 g/mol. The van der Waals surface area contributed by atoms with Crippen molar-refractivity contribution >= 4 is 17.3 Å². The van der Waals surface area contributed by atoms with Crippen LogP contribution in [-0.2, 0) is 0 Å². The Bertz CT molecular complexity index is 814. The fourth-order valence-electron chi connectivity index (χ4n) is 3.02. The third-order valence-corrected chi connectivity index (χ3v) is 4.37. The zero-order chi connectivity index (χ0) is 18.0. The van der Waals surface area contributed by atoms with Crippen molar-refractivity contribution in [3.05, 3.63) is 63.7 Å². The molecule has 2 aromatic carbocycles. The second kappa shape index (κ2) is 6.80. The van der Waals surface area contributed by atoms with E-state index in [1.54, 1.807) is 35.2 Å². The number of phenols is 1. The van der Waals surface area contributed by atoms with Crippen molar-refractivity contribution in [2.75, 3.05) is 31.1 Å². The van der Waals surface area contributed by atoms with Crippen LogP contribution in [0.1, 0.15) is 15.9 Å². The minimum Gasteiger partial charge on any atom is -0.507 e. The molecule has 0 unspecified atom stereocenters. The lowest BCUT2D eigenvalue weighted by atomic mass is 10.1. The molecule has 2 aromatic rings. The first-order valence-corrected chi connectivity index (χ1v) is 8.04. The van der Waals surface area contributed by atoms with E-state index >= 15 is 0 Å². The van der Waals surface area contributed by atoms with Crippen LogP contribution in [0.3, 0.4) is 0 Å². The van der Waals surface area contributed by atoms with Crippen LogP contribution in [0.4, 0.5) is 11.4 Å². The van der Waals surface area contributed by atoms with Gasteiger partial charge in [0.05, 0.1) is 10.5 Å². The molecule has 1 saturated heterocycles. The Morgan fingerprint density at radius 3 is 2.44 bits per heavy atom. The maximum absolute atomic E-state index is 12.5. The number of rotatable bonds is 3. The Hall–Kier alpha value is -3.09. The van der Waals surface area contributed by atoms with E-state index in [-0.39, 0.29) is 27.8 Å². The number of para-hydroxylation sites is 1. The molecule has 1 fully saturated rings. The topological polar surface area (TPSA) is 86.9 Å². The van der Waals surface area contributed by atoms with Crippen molar-refractivity contribution in [1.82, 2.24) is 4.90 Å². The fourth-order valence-corrected chi connectivity index (χ4v) is 3.02. The molecule has 0 radical (unpaired) electrons. The lowest BCUT2D eigenvalue weighted by Gasteiger charge is -2.36. The molecule has 0 saturated carbocycles. The third-order valence-electron chi connectivity index (χ3n) is 4.37. The molecular formula is C18H19N3O4. The van der Waals surface area contributed by atoms with Gasteiger partial charge < -0.3 is 14.9 Å². The van der Waals surface area contributed by atoms with E-state index in [9.17, 15) is 20.0 Å². The van der Waals surface area contributed by atoms with Crippen molar-refractivity contribution in [1.29, 1.82) is 0 Å². The average Bonchev–Trinajstić information content (AvgIpc) is 2.61. The highest BCUT2D eigenvalue weighted by atomic mass is 16.6. The smallest absolute Gasteiger partial charge is 0.292 e. The molecule has 0 spiro atoms. The monoisotopic (exact) mass is 341 g/mol. The van der Waals surface area contributed by atoms with Crippen molar-refractivity contribution in [2.24, 2.45) is 0 Å². The van der Waals surface area contributed by atoms with E-state index in [4.69, 9.17) is 0 Å². The Balaban J connectivity index is 1.74. The van der Waals surface area contributed by atoms with E-state index in [1.165, 1.54) is 6.07 Å². The zero-order valence-corrected chi connectivity index (χ0v) is 13.9. The highest BCUT2D eigenvalue weighted by molar-refractivity contribution is 5.97. The van der Waals surface area contributed by atoms with Crippen LogP contribution >= 0.6 is 0 Å². The van der Waals surface area contributed by atoms with Gasteiger partial charge in [-0.2, -0.15) is 0 Å². The maximum Gasteiger partial charge on any atom is 0.292 e. The van der Waals surface area contributed by atoms with E-state index in [1.807, 2.05) is 17.9 Å². The summed E-state index contributed by atoms with van der Waals surface area (Å²) in [4.78, 5) is 27.0. The molecule has 7 nitrogen and oxygen atoms in total. The number of carbonyl (C=O) groups is 1. The predicted octanol–water partition coefficient (Wildman–Crippen LogP) is 2.57. The normalized spacial score (nSPS) is 14.4. The molecule has 7 heteroatoms. The molecule has 0 atom stereocenters. The number of carbonyl (C=O) groups excluding carboxylic acids is 1. The van der Waals surface area contributed by atoms with Gasteiger partial charge in [0, 0.05) is 32.2 Å². The van der Waals surface area contributed by atoms with Gasteiger partial charge in [0.15, 0.2) is 0 Å². The molecule has 0 bridgehead atoms. The molecule has 1 heterocycles. The summed E-state index contributed by atoms with van der Waals surface area (Å²) < 4.78 is 0. The molecule has 25 heavy (non-hydrogen) atoms. The number of nitro groups is 1. The van der Waals surface area contributed by atoms with Crippen LogP contribution in [0.2, 0.25) is 0 Å². The Morgan fingerprint density at radius 2 is 1.80 bits per heavy atom. The number of amides is 1. The molecule has 1 N–H and O–H groups in total. The minimum absolute atomic E-state index is 0.0379. The molecule has 3 rings (SSSR count). The third kappa shape index (κ3) is 3.40. The zero-order valence-electron chi connectivity index (χ0n) is 13.9. The Morgan fingerprint density at radius 1 is 1.12 bits per heavy atom.